The zero-order chi connectivity index (χ0) is 18.8. The Bertz CT molecular complexity index is 1010. The van der Waals surface area contributed by atoms with Crippen LogP contribution in [0.15, 0.2) is 34.4 Å². The molecule has 0 bridgehead atoms. The molecule has 2 aromatic heterocycles. The first-order valence-corrected chi connectivity index (χ1v) is 9.19. The van der Waals surface area contributed by atoms with Crippen molar-refractivity contribution in [2.75, 3.05) is 12.8 Å². The van der Waals surface area contributed by atoms with Gasteiger partial charge < -0.3 is 10.5 Å². The van der Waals surface area contributed by atoms with Crippen molar-refractivity contribution in [1.29, 1.82) is 0 Å². The van der Waals surface area contributed by atoms with E-state index in [4.69, 9.17) is 10.5 Å². The van der Waals surface area contributed by atoms with Gasteiger partial charge in [-0.2, -0.15) is 14.6 Å². The van der Waals surface area contributed by atoms with Crippen molar-refractivity contribution < 1.29 is 9.53 Å². The summed E-state index contributed by atoms with van der Waals surface area (Å²) in [5.41, 5.74) is 6.65. The minimum atomic E-state index is -0.424. The summed E-state index contributed by atoms with van der Waals surface area (Å²) >= 11 is 1.39. The number of nitrogen functional groups attached to an aromatic ring is 1. The van der Waals surface area contributed by atoms with Crippen LogP contribution in [0.5, 0.6) is 0 Å². The molecule has 7 nitrogen and oxygen atoms in total. The Balaban J connectivity index is 2.11. The van der Waals surface area contributed by atoms with Crippen molar-refractivity contribution >= 4 is 34.0 Å². The average Bonchev–Trinajstić information content (AvgIpc) is 3.04. The highest BCUT2D eigenvalue weighted by molar-refractivity contribution is 7.16. The number of ketones is 1. The van der Waals surface area contributed by atoms with Crippen molar-refractivity contribution in [2.24, 2.45) is 0 Å². The van der Waals surface area contributed by atoms with Crippen LogP contribution < -0.4 is 11.3 Å². The summed E-state index contributed by atoms with van der Waals surface area (Å²) < 4.78 is 6.55. The second-order valence-corrected chi connectivity index (χ2v) is 6.91. The first kappa shape index (κ1) is 18.1. The molecule has 1 aliphatic carbocycles. The van der Waals surface area contributed by atoms with Crippen LogP contribution in [0.2, 0.25) is 0 Å². The zero-order valence-electron chi connectivity index (χ0n) is 14.9. The van der Waals surface area contributed by atoms with Crippen molar-refractivity contribution in [3.05, 3.63) is 50.5 Å². The van der Waals surface area contributed by atoms with Crippen LogP contribution in [-0.4, -0.2) is 27.5 Å². The lowest BCUT2D eigenvalue weighted by Gasteiger charge is -2.08. The van der Waals surface area contributed by atoms with Gasteiger partial charge in [-0.25, -0.2) is 0 Å². The van der Waals surface area contributed by atoms with Gasteiger partial charge in [-0.15, -0.1) is 0 Å². The predicted octanol–water partition coefficient (Wildman–Crippen LogP) is 2.69. The molecule has 0 fully saturated rings. The summed E-state index contributed by atoms with van der Waals surface area (Å²) in [5.74, 6) is 0.532. The summed E-state index contributed by atoms with van der Waals surface area (Å²) in [7, 11) is 1.42. The van der Waals surface area contributed by atoms with Crippen LogP contribution in [0.4, 0.5) is 5.82 Å². The molecule has 0 amide bonds. The van der Waals surface area contributed by atoms with Crippen LogP contribution >= 0.6 is 11.3 Å². The van der Waals surface area contributed by atoms with Crippen molar-refractivity contribution in [3.8, 4) is 0 Å². The smallest absolute Gasteiger partial charge is 0.283 e. The number of aromatic nitrogens is 3. The lowest BCUT2D eigenvalue weighted by molar-refractivity contribution is -0.114. The van der Waals surface area contributed by atoms with Crippen LogP contribution in [0.3, 0.4) is 0 Å². The van der Waals surface area contributed by atoms with E-state index in [1.54, 1.807) is 18.2 Å². The Morgan fingerprint density at radius 2 is 2.04 bits per heavy atom. The lowest BCUT2D eigenvalue weighted by Crippen LogP contribution is -2.17. The maximum Gasteiger partial charge on any atom is 0.283 e. The Kier molecular flexibility index (Phi) is 5.03. The number of allylic oxidation sites excluding steroid dienone is 4. The van der Waals surface area contributed by atoms with Gasteiger partial charge in [0, 0.05) is 5.92 Å². The largest absolute Gasteiger partial charge is 0.493 e. The highest BCUT2D eigenvalue weighted by Gasteiger charge is 2.18. The highest BCUT2D eigenvalue weighted by atomic mass is 32.1. The fourth-order valence-electron chi connectivity index (χ4n) is 2.78. The first-order chi connectivity index (χ1) is 12.5. The number of ether oxygens (including phenoxy) is 1. The van der Waals surface area contributed by atoms with E-state index in [1.165, 1.54) is 29.0 Å². The fraction of sp³-hybridized carbons (Fsp3) is 0.333. The number of hydrogen-bond donors (Lipinski definition) is 1. The number of fused-ring (bicyclic) bond motifs is 1. The van der Waals surface area contributed by atoms with E-state index < -0.39 is 5.56 Å². The number of nitrogens with zero attached hydrogens (tertiary/aromatic N) is 3. The number of hydrogen-bond acceptors (Lipinski definition) is 7. The molecule has 136 valence electrons. The Morgan fingerprint density at radius 1 is 1.31 bits per heavy atom. The van der Waals surface area contributed by atoms with Crippen LogP contribution in [-0.2, 0) is 9.53 Å². The van der Waals surface area contributed by atoms with E-state index in [0.717, 1.165) is 17.8 Å². The number of carbonyl (C=O) groups excluding carboxylic acids is 1. The first-order valence-electron chi connectivity index (χ1n) is 8.37. The monoisotopic (exact) mass is 372 g/mol. The summed E-state index contributed by atoms with van der Waals surface area (Å²) in [6, 6.07) is 0. The number of methoxy groups -OCH3 is 1. The molecule has 3 rings (SSSR count). The number of anilines is 1. The molecule has 0 saturated heterocycles. The molecule has 0 saturated carbocycles. The number of rotatable bonds is 5. The van der Waals surface area contributed by atoms with E-state index in [-0.39, 0.29) is 22.9 Å². The molecule has 0 radical (unpaired) electrons. The molecular weight excluding hydrogens is 352 g/mol. The van der Waals surface area contributed by atoms with Crippen LogP contribution in [0, 0.1) is 0 Å². The zero-order valence-corrected chi connectivity index (χ0v) is 15.7. The van der Waals surface area contributed by atoms with Gasteiger partial charge in [-0.05, 0) is 36.6 Å². The Morgan fingerprint density at radius 3 is 2.69 bits per heavy atom. The predicted molar refractivity (Wildman–Crippen MR) is 102 cm³/mol. The van der Waals surface area contributed by atoms with Crippen molar-refractivity contribution in [3.63, 3.8) is 0 Å². The fourth-order valence-corrected chi connectivity index (χ4v) is 3.94. The lowest BCUT2D eigenvalue weighted by atomic mass is 10.0. The third-order valence-corrected chi connectivity index (χ3v) is 5.41. The maximum absolute atomic E-state index is 12.4. The van der Waals surface area contributed by atoms with Gasteiger partial charge in [-0.3, -0.25) is 9.59 Å². The van der Waals surface area contributed by atoms with Crippen LogP contribution in [0.25, 0.3) is 11.0 Å². The Labute approximate surface area is 154 Å². The molecule has 0 atom stereocenters. The summed E-state index contributed by atoms with van der Waals surface area (Å²) in [6.45, 7) is 4.21. The van der Waals surface area contributed by atoms with E-state index in [9.17, 15) is 9.59 Å². The SMILES string of the molecule is CCC(CC)c1nn2c(N)c(C=C3C=CC(=O)C(OC)=C3)c(=O)nc2s1. The molecule has 0 unspecified atom stereocenters. The summed E-state index contributed by atoms with van der Waals surface area (Å²) in [4.78, 5) is 28.7. The van der Waals surface area contributed by atoms with E-state index in [2.05, 4.69) is 23.9 Å². The molecule has 8 heteroatoms. The van der Waals surface area contributed by atoms with E-state index in [1.807, 2.05) is 0 Å². The summed E-state index contributed by atoms with van der Waals surface area (Å²) in [6.07, 6.45) is 8.07. The van der Waals surface area contributed by atoms with Gasteiger partial charge in [0.25, 0.3) is 5.56 Å². The van der Waals surface area contributed by atoms with Crippen LogP contribution in [0.1, 0.15) is 43.2 Å². The van der Waals surface area contributed by atoms with Crippen molar-refractivity contribution in [2.45, 2.75) is 32.6 Å². The summed E-state index contributed by atoms with van der Waals surface area (Å²) in [5, 5.41) is 5.48. The van der Waals surface area contributed by atoms with Gasteiger partial charge in [0.15, 0.2) is 5.76 Å². The molecule has 2 aromatic rings. The Hall–Kier alpha value is -2.74. The van der Waals surface area contributed by atoms with Crippen molar-refractivity contribution in [1.82, 2.24) is 14.6 Å². The minimum Gasteiger partial charge on any atom is -0.493 e. The molecule has 26 heavy (non-hydrogen) atoms. The third-order valence-electron chi connectivity index (χ3n) is 4.34. The molecule has 0 aliphatic heterocycles. The van der Waals surface area contributed by atoms with Gasteiger partial charge >= 0.3 is 0 Å². The number of nitrogens with two attached hydrogens (primary N) is 1. The average molecular weight is 372 g/mol. The highest BCUT2D eigenvalue weighted by Crippen LogP contribution is 2.28. The van der Waals surface area contributed by atoms with Gasteiger partial charge in [0.05, 0.1) is 12.7 Å². The third kappa shape index (κ3) is 3.20. The van der Waals surface area contributed by atoms with Gasteiger partial charge in [0.1, 0.15) is 10.8 Å². The second-order valence-electron chi connectivity index (χ2n) is 5.92. The molecule has 0 aromatic carbocycles. The second kappa shape index (κ2) is 7.25. The van der Waals surface area contributed by atoms with Gasteiger partial charge in [0.2, 0.25) is 10.7 Å². The molecular formula is C18H20N4O3S. The molecule has 0 spiro atoms. The normalized spacial score (nSPS) is 15.9. The standard InChI is InChI=1S/C18H20N4O3S/c1-4-11(5-2)17-21-22-15(19)12(16(24)20-18(22)26-17)8-10-6-7-13(23)14(9-10)25-3/h6-9,11H,4-5,19H2,1-3H3. The van der Waals surface area contributed by atoms with E-state index in [0.29, 0.717) is 16.5 Å². The quantitative estimate of drug-likeness (QED) is 0.866. The minimum absolute atomic E-state index is 0.205. The van der Waals surface area contributed by atoms with E-state index >= 15 is 0 Å². The molecule has 2 heterocycles. The maximum atomic E-state index is 12.4. The van der Waals surface area contributed by atoms with Gasteiger partial charge in [-0.1, -0.05) is 31.3 Å². The number of carbonyl (C=O) groups is 1. The molecule has 2 N–H and O–H groups in total. The topological polar surface area (TPSA) is 99.6 Å². The molecule has 1 aliphatic rings.